The van der Waals surface area contributed by atoms with Crippen molar-refractivity contribution in [2.75, 3.05) is 6.54 Å². The van der Waals surface area contributed by atoms with Gasteiger partial charge in [0.2, 0.25) is 0 Å². The van der Waals surface area contributed by atoms with Crippen LogP contribution >= 0.6 is 22.7 Å². The van der Waals surface area contributed by atoms with Crippen molar-refractivity contribution in [2.45, 2.75) is 39.7 Å². The summed E-state index contributed by atoms with van der Waals surface area (Å²) in [5, 5.41) is 8.10. The molecule has 104 valence electrons. The molecule has 2 heterocycles. The minimum atomic E-state index is 0.366. The van der Waals surface area contributed by atoms with Gasteiger partial charge in [-0.15, -0.1) is 22.7 Å². The summed E-state index contributed by atoms with van der Waals surface area (Å²) in [6.45, 7) is 7.99. The standard InChI is InChI=1S/C16H23NS2/c1-4-16(2,3)12-17-14(15-8-6-10-19-15)11-13-7-5-9-18-13/h5-10,14,17H,4,11-12H2,1-3H3. The Balaban J connectivity index is 2.03. The predicted octanol–water partition coefficient (Wildman–Crippen LogP) is 5.12. The van der Waals surface area contributed by atoms with E-state index in [1.165, 1.54) is 16.2 Å². The van der Waals surface area contributed by atoms with Crippen LogP contribution in [0.2, 0.25) is 0 Å². The average Bonchev–Trinajstić information content (AvgIpc) is 3.07. The molecule has 1 unspecified atom stereocenters. The van der Waals surface area contributed by atoms with Crippen LogP contribution in [-0.2, 0) is 6.42 Å². The number of rotatable bonds is 7. The summed E-state index contributed by atoms with van der Waals surface area (Å²) in [4.78, 5) is 2.90. The van der Waals surface area contributed by atoms with E-state index in [0.717, 1.165) is 13.0 Å². The van der Waals surface area contributed by atoms with Crippen LogP contribution in [0.1, 0.15) is 43.0 Å². The third-order valence-electron chi connectivity index (χ3n) is 3.66. The maximum absolute atomic E-state index is 3.77. The molecule has 2 aromatic heterocycles. The minimum absolute atomic E-state index is 0.366. The summed E-state index contributed by atoms with van der Waals surface area (Å²) in [6, 6.07) is 9.21. The smallest absolute Gasteiger partial charge is 0.0463 e. The summed E-state index contributed by atoms with van der Waals surface area (Å²) >= 11 is 3.71. The molecule has 0 aliphatic heterocycles. The van der Waals surface area contributed by atoms with E-state index >= 15 is 0 Å². The van der Waals surface area contributed by atoms with Gasteiger partial charge in [-0.1, -0.05) is 32.9 Å². The fourth-order valence-corrected chi connectivity index (χ4v) is 3.47. The summed E-state index contributed by atoms with van der Waals surface area (Å²) in [5.41, 5.74) is 0.366. The van der Waals surface area contributed by atoms with Gasteiger partial charge in [-0.3, -0.25) is 0 Å². The number of hydrogen-bond acceptors (Lipinski definition) is 3. The van der Waals surface area contributed by atoms with Gasteiger partial charge in [-0.25, -0.2) is 0 Å². The van der Waals surface area contributed by atoms with Crippen molar-refractivity contribution < 1.29 is 0 Å². The molecule has 1 atom stereocenters. The Morgan fingerprint density at radius 1 is 1.16 bits per heavy atom. The van der Waals surface area contributed by atoms with E-state index in [-0.39, 0.29) is 0 Å². The minimum Gasteiger partial charge on any atom is -0.308 e. The largest absolute Gasteiger partial charge is 0.308 e. The van der Waals surface area contributed by atoms with Crippen LogP contribution in [0.3, 0.4) is 0 Å². The van der Waals surface area contributed by atoms with Crippen molar-refractivity contribution in [1.82, 2.24) is 5.32 Å². The van der Waals surface area contributed by atoms with Crippen LogP contribution in [0, 0.1) is 5.41 Å². The van der Waals surface area contributed by atoms with Crippen molar-refractivity contribution in [1.29, 1.82) is 0 Å². The molecule has 0 bridgehead atoms. The molecule has 2 aromatic rings. The maximum atomic E-state index is 3.77. The predicted molar refractivity (Wildman–Crippen MR) is 87.2 cm³/mol. The molecule has 19 heavy (non-hydrogen) atoms. The molecule has 0 fully saturated rings. The van der Waals surface area contributed by atoms with Gasteiger partial charge in [0, 0.05) is 28.8 Å². The molecular formula is C16H23NS2. The fraction of sp³-hybridized carbons (Fsp3) is 0.500. The molecule has 0 saturated heterocycles. The molecule has 0 aliphatic carbocycles. The van der Waals surface area contributed by atoms with Crippen molar-refractivity contribution >= 4 is 22.7 Å². The Labute approximate surface area is 124 Å². The van der Waals surface area contributed by atoms with Crippen molar-refractivity contribution in [3.05, 3.63) is 44.8 Å². The Morgan fingerprint density at radius 3 is 2.47 bits per heavy atom. The highest BCUT2D eigenvalue weighted by Crippen LogP contribution is 2.27. The molecule has 0 aromatic carbocycles. The second kappa shape index (κ2) is 6.69. The first-order valence-electron chi connectivity index (χ1n) is 6.90. The second-order valence-electron chi connectivity index (χ2n) is 5.75. The number of thiophene rings is 2. The zero-order valence-electron chi connectivity index (χ0n) is 12.0. The first-order valence-corrected chi connectivity index (χ1v) is 8.66. The molecule has 0 spiro atoms. The molecule has 1 nitrogen and oxygen atoms in total. The first kappa shape index (κ1) is 14.8. The molecule has 3 heteroatoms. The summed E-state index contributed by atoms with van der Waals surface area (Å²) in [6.07, 6.45) is 2.30. The van der Waals surface area contributed by atoms with Crippen LogP contribution in [0.4, 0.5) is 0 Å². The molecule has 1 N–H and O–H groups in total. The Hall–Kier alpha value is -0.640. The quantitative estimate of drug-likeness (QED) is 0.747. The van der Waals surface area contributed by atoms with Crippen LogP contribution in [0.25, 0.3) is 0 Å². The zero-order chi connectivity index (χ0) is 13.7. The maximum Gasteiger partial charge on any atom is 0.0463 e. The van der Waals surface area contributed by atoms with Crippen molar-refractivity contribution in [3.8, 4) is 0 Å². The SMILES string of the molecule is CCC(C)(C)CNC(Cc1cccs1)c1cccs1. The van der Waals surface area contributed by atoms with Gasteiger partial charge in [0.25, 0.3) is 0 Å². The normalized spacial score (nSPS) is 13.6. The molecule has 0 aliphatic rings. The lowest BCUT2D eigenvalue weighted by molar-refractivity contribution is 0.310. The fourth-order valence-electron chi connectivity index (χ4n) is 1.92. The Bertz CT molecular complexity index is 457. The molecular weight excluding hydrogens is 270 g/mol. The van der Waals surface area contributed by atoms with Crippen molar-refractivity contribution in [2.24, 2.45) is 5.41 Å². The van der Waals surface area contributed by atoms with Gasteiger partial charge in [0.05, 0.1) is 0 Å². The summed E-state index contributed by atoms with van der Waals surface area (Å²) in [5.74, 6) is 0. The topological polar surface area (TPSA) is 12.0 Å². The monoisotopic (exact) mass is 293 g/mol. The average molecular weight is 294 g/mol. The second-order valence-corrected chi connectivity index (χ2v) is 7.76. The van der Waals surface area contributed by atoms with E-state index in [1.807, 2.05) is 22.7 Å². The highest BCUT2D eigenvalue weighted by molar-refractivity contribution is 7.10. The van der Waals surface area contributed by atoms with E-state index in [1.54, 1.807) is 0 Å². The van der Waals surface area contributed by atoms with Crippen LogP contribution < -0.4 is 5.32 Å². The molecule has 0 radical (unpaired) electrons. The van der Waals surface area contributed by atoms with Gasteiger partial charge in [0.1, 0.15) is 0 Å². The van der Waals surface area contributed by atoms with E-state index < -0.39 is 0 Å². The third-order valence-corrected chi connectivity index (χ3v) is 5.54. The van der Waals surface area contributed by atoms with Crippen LogP contribution in [0.5, 0.6) is 0 Å². The van der Waals surface area contributed by atoms with Gasteiger partial charge < -0.3 is 5.32 Å². The van der Waals surface area contributed by atoms with Gasteiger partial charge in [-0.05, 0) is 34.7 Å². The van der Waals surface area contributed by atoms with E-state index in [2.05, 4.69) is 61.1 Å². The number of nitrogens with one attached hydrogen (secondary N) is 1. The summed E-state index contributed by atoms with van der Waals surface area (Å²) < 4.78 is 0. The highest BCUT2D eigenvalue weighted by Gasteiger charge is 2.19. The lowest BCUT2D eigenvalue weighted by atomic mass is 9.90. The first-order chi connectivity index (χ1) is 9.11. The van der Waals surface area contributed by atoms with E-state index in [4.69, 9.17) is 0 Å². The van der Waals surface area contributed by atoms with E-state index in [0.29, 0.717) is 11.5 Å². The van der Waals surface area contributed by atoms with Gasteiger partial charge in [-0.2, -0.15) is 0 Å². The molecule has 0 saturated carbocycles. The Kier molecular flexibility index (Phi) is 5.20. The zero-order valence-corrected chi connectivity index (χ0v) is 13.6. The lowest BCUT2D eigenvalue weighted by Gasteiger charge is -2.27. The summed E-state index contributed by atoms with van der Waals surface area (Å²) in [7, 11) is 0. The van der Waals surface area contributed by atoms with E-state index in [9.17, 15) is 0 Å². The third kappa shape index (κ3) is 4.44. The van der Waals surface area contributed by atoms with Crippen LogP contribution in [0.15, 0.2) is 35.0 Å². The van der Waals surface area contributed by atoms with Gasteiger partial charge >= 0.3 is 0 Å². The Morgan fingerprint density at radius 2 is 1.89 bits per heavy atom. The van der Waals surface area contributed by atoms with Crippen LogP contribution in [-0.4, -0.2) is 6.54 Å². The highest BCUT2D eigenvalue weighted by atomic mass is 32.1. The van der Waals surface area contributed by atoms with Gasteiger partial charge in [0.15, 0.2) is 0 Å². The van der Waals surface area contributed by atoms with Crippen molar-refractivity contribution in [3.63, 3.8) is 0 Å². The number of hydrogen-bond donors (Lipinski definition) is 1. The lowest BCUT2D eigenvalue weighted by Crippen LogP contribution is -2.32. The molecule has 2 rings (SSSR count). The molecule has 0 amide bonds.